The van der Waals surface area contributed by atoms with E-state index in [0.29, 0.717) is 18.7 Å². The predicted octanol–water partition coefficient (Wildman–Crippen LogP) is 2.75. The van der Waals surface area contributed by atoms with Gasteiger partial charge in [-0.1, -0.05) is 19.9 Å². The molecule has 0 bridgehead atoms. The largest absolute Gasteiger partial charge is 0.339 e. The number of pyridine rings is 1. The third-order valence-electron chi connectivity index (χ3n) is 5.18. The second-order valence-corrected chi connectivity index (χ2v) is 7.46. The Bertz CT molecular complexity index is 736. The van der Waals surface area contributed by atoms with Gasteiger partial charge in [-0.05, 0) is 36.8 Å². The van der Waals surface area contributed by atoms with Crippen LogP contribution in [0.15, 0.2) is 36.2 Å². The molecule has 0 N–H and O–H groups in total. The van der Waals surface area contributed by atoms with E-state index in [1.807, 2.05) is 24.8 Å². The van der Waals surface area contributed by atoms with Crippen LogP contribution < -0.4 is 0 Å². The van der Waals surface area contributed by atoms with Crippen molar-refractivity contribution < 1.29 is 9.59 Å². The number of amides is 1. The van der Waals surface area contributed by atoms with Crippen molar-refractivity contribution in [2.24, 2.45) is 10.8 Å². The summed E-state index contributed by atoms with van der Waals surface area (Å²) in [5, 5.41) is 9.29. The monoisotopic (exact) mass is 323 g/mol. The average Bonchev–Trinajstić information content (AvgIpc) is 2.59. The van der Waals surface area contributed by atoms with Crippen LogP contribution in [0.3, 0.4) is 0 Å². The van der Waals surface area contributed by atoms with Gasteiger partial charge in [-0.3, -0.25) is 14.6 Å². The molecule has 5 nitrogen and oxygen atoms in total. The molecule has 1 aliphatic carbocycles. The third-order valence-corrected chi connectivity index (χ3v) is 5.18. The highest BCUT2D eigenvalue weighted by Gasteiger charge is 2.46. The van der Waals surface area contributed by atoms with E-state index in [0.717, 1.165) is 19.3 Å². The minimum Gasteiger partial charge on any atom is -0.339 e. The molecule has 0 radical (unpaired) electrons. The summed E-state index contributed by atoms with van der Waals surface area (Å²) in [6, 6.07) is 5.60. The fourth-order valence-corrected chi connectivity index (χ4v) is 3.98. The molecular weight excluding hydrogens is 302 g/mol. The first-order valence-electron chi connectivity index (χ1n) is 8.24. The number of likely N-dealkylation sites (tertiary alicyclic amines) is 1. The lowest BCUT2D eigenvalue weighted by molar-refractivity contribution is -0.125. The molecule has 0 unspecified atom stereocenters. The SMILES string of the molecule is CC1(C)CC2(C=C(C#N)C1=O)CCN(C(=O)c1cccnc1)CC2. The molecule has 2 heterocycles. The van der Waals surface area contributed by atoms with Crippen molar-refractivity contribution in [2.45, 2.75) is 33.1 Å². The maximum Gasteiger partial charge on any atom is 0.255 e. The quantitative estimate of drug-likeness (QED) is 0.796. The van der Waals surface area contributed by atoms with Gasteiger partial charge in [-0.25, -0.2) is 0 Å². The lowest BCUT2D eigenvalue weighted by atomic mass is 9.61. The highest BCUT2D eigenvalue weighted by molar-refractivity contribution is 6.03. The second-order valence-electron chi connectivity index (χ2n) is 7.46. The van der Waals surface area contributed by atoms with Crippen LogP contribution in [0.5, 0.6) is 0 Å². The van der Waals surface area contributed by atoms with Gasteiger partial charge in [0.25, 0.3) is 5.91 Å². The lowest BCUT2D eigenvalue weighted by Gasteiger charge is -2.46. The Balaban J connectivity index is 1.77. The van der Waals surface area contributed by atoms with E-state index in [2.05, 4.69) is 11.1 Å². The number of carbonyl (C=O) groups excluding carboxylic acids is 2. The number of piperidine rings is 1. The van der Waals surface area contributed by atoms with Crippen molar-refractivity contribution in [2.75, 3.05) is 13.1 Å². The molecule has 0 aromatic carbocycles. The first-order chi connectivity index (χ1) is 11.4. The number of aromatic nitrogens is 1. The van der Waals surface area contributed by atoms with Crippen molar-refractivity contribution in [3.8, 4) is 6.07 Å². The fourth-order valence-electron chi connectivity index (χ4n) is 3.98. The summed E-state index contributed by atoms with van der Waals surface area (Å²) in [4.78, 5) is 30.7. The Morgan fingerprint density at radius 3 is 2.62 bits per heavy atom. The molecule has 2 aliphatic rings. The van der Waals surface area contributed by atoms with Crippen LogP contribution >= 0.6 is 0 Å². The topological polar surface area (TPSA) is 74.1 Å². The highest BCUT2D eigenvalue weighted by Crippen LogP contribution is 2.48. The number of Topliss-reactive ketones (excluding diaryl/α,β-unsaturated/α-hetero) is 1. The summed E-state index contributed by atoms with van der Waals surface area (Å²) in [6.45, 7) is 5.09. The van der Waals surface area contributed by atoms with Crippen LogP contribution in [0.4, 0.5) is 0 Å². The number of hydrogen-bond donors (Lipinski definition) is 0. The molecular formula is C19H21N3O2. The van der Waals surface area contributed by atoms with E-state index in [1.54, 1.807) is 24.5 Å². The number of rotatable bonds is 1. The summed E-state index contributed by atoms with van der Waals surface area (Å²) in [5.74, 6) is -0.0712. The first-order valence-corrected chi connectivity index (χ1v) is 8.24. The highest BCUT2D eigenvalue weighted by atomic mass is 16.2. The van der Waals surface area contributed by atoms with Gasteiger partial charge in [0.1, 0.15) is 6.07 Å². The third kappa shape index (κ3) is 2.84. The number of nitriles is 1. The van der Waals surface area contributed by atoms with Crippen molar-refractivity contribution in [1.29, 1.82) is 5.26 Å². The van der Waals surface area contributed by atoms with E-state index in [-0.39, 0.29) is 22.7 Å². The normalized spacial score (nSPS) is 22.0. The molecule has 1 aromatic rings. The van der Waals surface area contributed by atoms with Crippen molar-refractivity contribution >= 4 is 11.7 Å². The molecule has 124 valence electrons. The van der Waals surface area contributed by atoms with Crippen LogP contribution in [0.1, 0.15) is 43.5 Å². The van der Waals surface area contributed by atoms with Crippen molar-refractivity contribution in [1.82, 2.24) is 9.88 Å². The summed E-state index contributed by atoms with van der Waals surface area (Å²) in [7, 11) is 0. The zero-order valence-corrected chi connectivity index (χ0v) is 14.1. The van der Waals surface area contributed by atoms with E-state index >= 15 is 0 Å². The number of carbonyl (C=O) groups is 2. The van der Waals surface area contributed by atoms with Crippen LogP contribution in [0.25, 0.3) is 0 Å². The summed E-state index contributed by atoms with van der Waals surface area (Å²) < 4.78 is 0. The van der Waals surface area contributed by atoms with Gasteiger partial charge >= 0.3 is 0 Å². The molecule has 1 aromatic heterocycles. The van der Waals surface area contributed by atoms with Crippen LogP contribution in [-0.4, -0.2) is 34.7 Å². The smallest absolute Gasteiger partial charge is 0.255 e. The summed E-state index contributed by atoms with van der Waals surface area (Å²) in [5.41, 5.74) is 0.197. The standard InChI is InChI=1S/C19H21N3O2/c1-18(2)13-19(10-15(11-20)16(18)23)5-8-22(9-6-19)17(24)14-4-3-7-21-12-14/h3-4,7,10,12H,5-6,8-9,13H2,1-2H3. The van der Waals surface area contributed by atoms with Gasteiger partial charge in [0.2, 0.25) is 0 Å². The van der Waals surface area contributed by atoms with Crippen molar-refractivity contribution in [3.63, 3.8) is 0 Å². The van der Waals surface area contributed by atoms with Crippen molar-refractivity contribution in [3.05, 3.63) is 41.7 Å². The number of nitrogens with zero attached hydrogens (tertiary/aromatic N) is 3. The maximum atomic E-state index is 12.5. The zero-order valence-electron chi connectivity index (χ0n) is 14.1. The lowest BCUT2D eigenvalue weighted by Crippen LogP contribution is -2.47. The van der Waals surface area contributed by atoms with Gasteiger partial charge in [-0.15, -0.1) is 0 Å². The van der Waals surface area contributed by atoms with E-state index in [9.17, 15) is 14.9 Å². The Hall–Kier alpha value is -2.48. The maximum absolute atomic E-state index is 12.5. The number of hydrogen-bond acceptors (Lipinski definition) is 4. The minimum atomic E-state index is -0.519. The second kappa shape index (κ2) is 5.86. The van der Waals surface area contributed by atoms with E-state index < -0.39 is 5.41 Å². The average molecular weight is 323 g/mol. The summed E-state index contributed by atoms with van der Waals surface area (Å²) >= 11 is 0. The molecule has 1 amide bonds. The number of ketones is 1. The first kappa shape index (κ1) is 16.4. The van der Waals surface area contributed by atoms with E-state index in [4.69, 9.17) is 0 Å². The zero-order chi connectivity index (χ0) is 17.4. The Morgan fingerprint density at radius 1 is 1.33 bits per heavy atom. The molecule has 1 fully saturated rings. The number of allylic oxidation sites excluding steroid dienone is 2. The Labute approximate surface area is 142 Å². The molecule has 0 atom stereocenters. The Kier molecular flexibility index (Phi) is 4.00. The van der Waals surface area contributed by atoms with Gasteiger partial charge in [0.15, 0.2) is 5.78 Å². The molecule has 5 heteroatoms. The molecule has 1 saturated heterocycles. The van der Waals surface area contributed by atoms with Gasteiger partial charge in [0.05, 0.1) is 11.1 Å². The predicted molar refractivity (Wildman–Crippen MR) is 88.9 cm³/mol. The molecule has 1 aliphatic heterocycles. The minimum absolute atomic E-state index is 0.00594. The van der Waals surface area contributed by atoms with E-state index in [1.165, 1.54) is 0 Å². The van der Waals surface area contributed by atoms with Crippen LogP contribution in [0.2, 0.25) is 0 Å². The Morgan fingerprint density at radius 2 is 2.04 bits per heavy atom. The van der Waals surface area contributed by atoms with Gasteiger partial charge in [-0.2, -0.15) is 5.26 Å². The molecule has 0 saturated carbocycles. The molecule has 1 spiro atoms. The van der Waals surface area contributed by atoms with Gasteiger partial charge in [0, 0.05) is 30.9 Å². The fraction of sp³-hybridized carbons (Fsp3) is 0.474. The van der Waals surface area contributed by atoms with Gasteiger partial charge < -0.3 is 4.90 Å². The molecule has 24 heavy (non-hydrogen) atoms. The van der Waals surface area contributed by atoms with Crippen LogP contribution in [0, 0.1) is 22.2 Å². The summed E-state index contributed by atoms with van der Waals surface area (Å²) in [6.07, 6.45) is 7.40. The molecule has 3 rings (SSSR count). The van der Waals surface area contributed by atoms with Crippen LogP contribution in [-0.2, 0) is 4.79 Å².